The van der Waals surface area contributed by atoms with Crippen LogP contribution in [0, 0.1) is 0 Å². The third kappa shape index (κ3) is 3.13. The molecule has 3 aromatic rings. The molecule has 4 rings (SSSR count). The lowest BCUT2D eigenvalue weighted by atomic mass is 10.1. The van der Waals surface area contributed by atoms with Crippen molar-refractivity contribution in [3.63, 3.8) is 0 Å². The summed E-state index contributed by atoms with van der Waals surface area (Å²) in [5, 5.41) is 1.42. The SMILES string of the molecule is Nc1ccc2c(N3CCN(C(=O)c4cccc(Cl)c4)CC3)ncnc2n1. The minimum absolute atomic E-state index is 0.00543. The fourth-order valence-corrected chi connectivity index (χ4v) is 3.31. The van der Waals surface area contributed by atoms with Gasteiger partial charge in [0, 0.05) is 36.8 Å². The average molecular weight is 369 g/mol. The Morgan fingerprint density at radius 3 is 2.65 bits per heavy atom. The second kappa shape index (κ2) is 6.76. The Morgan fingerprint density at radius 2 is 1.88 bits per heavy atom. The third-order valence-electron chi connectivity index (χ3n) is 4.44. The van der Waals surface area contributed by atoms with Gasteiger partial charge in [-0.05, 0) is 30.3 Å². The summed E-state index contributed by atoms with van der Waals surface area (Å²) in [7, 11) is 0. The number of carbonyl (C=O) groups excluding carboxylic acids is 1. The lowest BCUT2D eigenvalue weighted by Gasteiger charge is -2.35. The van der Waals surface area contributed by atoms with Crippen LogP contribution in [0.2, 0.25) is 5.02 Å². The minimum atomic E-state index is -0.00543. The lowest BCUT2D eigenvalue weighted by Crippen LogP contribution is -2.49. The fraction of sp³-hybridized carbons (Fsp3) is 0.222. The summed E-state index contributed by atoms with van der Waals surface area (Å²) >= 11 is 5.99. The molecule has 1 aliphatic heterocycles. The molecule has 0 unspecified atom stereocenters. The van der Waals surface area contributed by atoms with E-state index >= 15 is 0 Å². The molecular formula is C18H17ClN6O. The van der Waals surface area contributed by atoms with Crippen LogP contribution < -0.4 is 10.6 Å². The second-order valence-corrected chi connectivity index (χ2v) is 6.53. The summed E-state index contributed by atoms with van der Waals surface area (Å²) < 4.78 is 0. The first-order valence-electron chi connectivity index (χ1n) is 8.29. The first-order chi connectivity index (χ1) is 12.6. The Bertz CT molecular complexity index is 971. The van der Waals surface area contributed by atoms with E-state index in [0.29, 0.717) is 48.2 Å². The van der Waals surface area contributed by atoms with Crippen LogP contribution in [0.25, 0.3) is 11.0 Å². The predicted octanol–water partition coefficient (Wildman–Crippen LogP) is 2.22. The van der Waals surface area contributed by atoms with E-state index in [1.165, 1.54) is 6.33 Å². The van der Waals surface area contributed by atoms with Gasteiger partial charge in [-0.1, -0.05) is 17.7 Å². The molecule has 0 atom stereocenters. The van der Waals surface area contributed by atoms with E-state index in [-0.39, 0.29) is 5.91 Å². The van der Waals surface area contributed by atoms with Gasteiger partial charge in [-0.3, -0.25) is 4.79 Å². The molecule has 2 N–H and O–H groups in total. The number of carbonyl (C=O) groups is 1. The summed E-state index contributed by atoms with van der Waals surface area (Å²) in [4.78, 5) is 29.5. The molecule has 1 saturated heterocycles. The summed E-state index contributed by atoms with van der Waals surface area (Å²) in [6, 6.07) is 10.7. The number of nitrogens with zero attached hydrogens (tertiary/aromatic N) is 5. The van der Waals surface area contributed by atoms with Gasteiger partial charge in [0.2, 0.25) is 0 Å². The van der Waals surface area contributed by atoms with Gasteiger partial charge < -0.3 is 15.5 Å². The Morgan fingerprint density at radius 1 is 1.08 bits per heavy atom. The molecule has 0 radical (unpaired) electrons. The van der Waals surface area contributed by atoms with Crippen molar-refractivity contribution >= 4 is 40.2 Å². The highest BCUT2D eigenvalue weighted by Gasteiger charge is 2.24. The molecule has 0 saturated carbocycles. The molecule has 2 aromatic heterocycles. The number of fused-ring (bicyclic) bond motifs is 1. The van der Waals surface area contributed by atoms with E-state index in [1.54, 1.807) is 30.3 Å². The van der Waals surface area contributed by atoms with Crippen LogP contribution in [-0.2, 0) is 0 Å². The van der Waals surface area contributed by atoms with Crippen molar-refractivity contribution in [2.45, 2.75) is 0 Å². The van der Waals surface area contributed by atoms with Gasteiger partial charge in [0.25, 0.3) is 5.91 Å². The van der Waals surface area contributed by atoms with Crippen LogP contribution in [0.4, 0.5) is 11.6 Å². The van der Waals surface area contributed by atoms with Crippen molar-refractivity contribution in [1.82, 2.24) is 19.9 Å². The first kappa shape index (κ1) is 16.5. The number of halogens is 1. The molecule has 1 fully saturated rings. The number of aromatic nitrogens is 3. The van der Waals surface area contributed by atoms with E-state index in [0.717, 1.165) is 11.2 Å². The number of benzene rings is 1. The molecule has 1 aromatic carbocycles. The third-order valence-corrected chi connectivity index (χ3v) is 4.67. The number of pyridine rings is 1. The fourth-order valence-electron chi connectivity index (χ4n) is 3.12. The number of nitrogens with two attached hydrogens (primary N) is 1. The quantitative estimate of drug-likeness (QED) is 0.746. The van der Waals surface area contributed by atoms with Crippen LogP contribution in [-0.4, -0.2) is 51.9 Å². The minimum Gasteiger partial charge on any atom is -0.384 e. The van der Waals surface area contributed by atoms with Gasteiger partial charge in [-0.2, -0.15) is 0 Å². The largest absolute Gasteiger partial charge is 0.384 e. The van der Waals surface area contributed by atoms with E-state index in [1.807, 2.05) is 11.0 Å². The van der Waals surface area contributed by atoms with Gasteiger partial charge in [-0.15, -0.1) is 0 Å². The second-order valence-electron chi connectivity index (χ2n) is 6.09. The van der Waals surface area contributed by atoms with Crippen LogP contribution >= 0.6 is 11.6 Å². The van der Waals surface area contributed by atoms with E-state index < -0.39 is 0 Å². The van der Waals surface area contributed by atoms with E-state index in [4.69, 9.17) is 17.3 Å². The smallest absolute Gasteiger partial charge is 0.254 e. The normalized spacial score (nSPS) is 14.7. The van der Waals surface area contributed by atoms with Gasteiger partial charge in [-0.25, -0.2) is 15.0 Å². The zero-order valence-corrected chi connectivity index (χ0v) is 14.7. The maximum absolute atomic E-state index is 12.6. The predicted molar refractivity (Wildman–Crippen MR) is 101 cm³/mol. The first-order valence-corrected chi connectivity index (χ1v) is 8.66. The van der Waals surface area contributed by atoms with Crippen molar-refractivity contribution in [2.24, 2.45) is 0 Å². The summed E-state index contributed by atoms with van der Waals surface area (Å²) in [6.45, 7) is 2.59. The summed E-state index contributed by atoms with van der Waals surface area (Å²) in [5.41, 5.74) is 6.92. The van der Waals surface area contributed by atoms with Gasteiger partial charge >= 0.3 is 0 Å². The van der Waals surface area contributed by atoms with Crippen LogP contribution in [0.1, 0.15) is 10.4 Å². The van der Waals surface area contributed by atoms with Crippen molar-refractivity contribution < 1.29 is 4.79 Å². The highest BCUT2D eigenvalue weighted by molar-refractivity contribution is 6.30. The van der Waals surface area contributed by atoms with Crippen LogP contribution in [0.3, 0.4) is 0 Å². The van der Waals surface area contributed by atoms with Crippen LogP contribution in [0.5, 0.6) is 0 Å². The highest BCUT2D eigenvalue weighted by Crippen LogP contribution is 2.24. The van der Waals surface area contributed by atoms with Gasteiger partial charge in [0.05, 0.1) is 5.39 Å². The number of rotatable bonds is 2. The lowest BCUT2D eigenvalue weighted by molar-refractivity contribution is 0.0746. The molecule has 8 heteroatoms. The standard InChI is InChI=1S/C18H17ClN6O/c19-13-3-1-2-12(10-13)18(26)25-8-6-24(7-9-25)17-14-4-5-15(20)23-16(14)21-11-22-17/h1-5,10-11H,6-9H2,(H2,20,21,22,23). The molecule has 0 aliphatic carbocycles. The van der Waals surface area contributed by atoms with E-state index in [9.17, 15) is 4.79 Å². The van der Waals surface area contributed by atoms with Gasteiger partial charge in [0.15, 0.2) is 5.65 Å². The molecular weight excluding hydrogens is 352 g/mol. The van der Waals surface area contributed by atoms with Crippen molar-refractivity contribution in [3.05, 3.63) is 53.3 Å². The zero-order valence-electron chi connectivity index (χ0n) is 14.0. The molecule has 132 valence electrons. The Labute approximate surface area is 155 Å². The maximum Gasteiger partial charge on any atom is 0.254 e. The Hall–Kier alpha value is -2.93. The molecule has 26 heavy (non-hydrogen) atoms. The van der Waals surface area contributed by atoms with Gasteiger partial charge in [0.1, 0.15) is 18.0 Å². The molecule has 1 amide bonds. The summed E-state index contributed by atoms with van der Waals surface area (Å²) in [5.74, 6) is 1.24. The van der Waals surface area contributed by atoms with Crippen LogP contribution in [0.15, 0.2) is 42.7 Å². The molecule has 7 nitrogen and oxygen atoms in total. The van der Waals surface area contributed by atoms with Crippen molar-refractivity contribution in [3.8, 4) is 0 Å². The average Bonchev–Trinajstić information content (AvgIpc) is 2.67. The monoisotopic (exact) mass is 368 g/mol. The molecule has 3 heterocycles. The maximum atomic E-state index is 12.6. The Balaban J connectivity index is 1.51. The summed E-state index contributed by atoms with van der Waals surface area (Å²) in [6.07, 6.45) is 1.49. The number of anilines is 2. The number of nitrogen functional groups attached to an aromatic ring is 1. The molecule has 0 bridgehead atoms. The Kier molecular flexibility index (Phi) is 4.30. The number of amides is 1. The highest BCUT2D eigenvalue weighted by atomic mass is 35.5. The van der Waals surface area contributed by atoms with Crippen molar-refractivity contribution in [2.75, 3.05) is 36.8 Å². The van der Waals surface area contributed by atoms with Crippen molar-refractivity contribution in [1.29, 1.82) is 0 Å². The topological polar surface area (TPSA) is 88.2 Å². The molecule has 0 spiro atoms. The van der Waals surface area contributed by atoms with E-state index in [2.05, 4.69) is 19.9 Å². The molecule has 1 aliphatic rings. The zero-order chi connectivity index (χ0) is 18.1. The number of hydrogen-bond acceptors (Lipinski definition) is 6. The number of hydrogen-bond donors (Lipinski definition) is 1. The number of piperazine rings is 1.